The number of hydrogen-bond donors (Lipinski definition) is 0. The van der Waals surface area contributed by atoms with Crippen molar-refractivity contribution < 1.29 is 0 Å². The van der Waals surface area contributed by atoms with Gasteiger partial charge in [0.05, 0.1) is 0 Å². The third-order valence-corrected chi connectivity index (χ3v) is 8.70. The minimum atomic E-state index is 1.14. The summed E-state index contributed by atoms with van der Waals surface area (Å²) in [6, 6.07) is 35.0. The highest BCUT2D eigenvalue weighted by molar-refractivity contribution is 7.21. The van der Waals surface area contributed by atoms with E-state index < -0.39 is 0 Å². The molecular formula is C34H20N2S. The van der Waals surface area contributed by atoms with E-state index >= 15 is 0 Å². The number of rotatable bonds is 2. The number of benzene rings is 5. The zero-order chi connectivity index (χ0) is 24.3. The van der Waals surface area contributed by atoms with Gasteiger partial charge in [0, 0.05) is 67.2 Å². The van der Waals surface area contributed by atoms with Gasteiger partial charge >= 0.3 is 0 Å². The summed E-state index contributed by atoms with van der Waals surface area (Å²) in [5, 5.41) is 12.4. The molecule has 0 amide bonds. The van der Waals surface area contributed by atoms with Crippen molar-refractivity contribution in [2.24, 2.45) is 0 Å². The first-order chi connectivity index (χ1) is 18.4. The molecule has 0 saturated heterocycles. The van der Waals surface area contributed by atoms with Crippen LogP contribution in [0.1, 0.15) is 0 Å². The van der Waals surface area contributed by atoms with Crippen molar-refractivity contribution in [1.29, 1.82) is 0 Å². The largest absolute Gasteiger partial charge is 0.264 e. The lowest BCUT2D eigenvalue weighted by Gasteiger charge is -2.11. The van der Waals surface area contributed by atoms with Crippen LogP contribution in [-0.2, 0) is 0 Å². The number of hydrogen-bond acceptors (Lipinski definition) is 3. The number of aromatic nitrogens is 2. The molecule has 0 radical (unpaired) electrons. The first kappa shape index (κ1) is 20.6. The highest BCUT2D eigenvalue weighted by atomic mass is 32.1. The summed E-state index contributed by atoms with van der Waals surface area (Å²) in [6.07, 6.45) is 7.79. The van der Waals surface area contributed by atoms with Gasteiger partial charge in [-0.15, -0.1) is 11.3 Å². The first-order valence-corrected chi connectivity index (χ1v) is 13.2. The van der Waals surface area contributed by atoms with Gasteiger partial charge < -0.3 is 0 Å². The second-order valence-electron chi connectivity index (χ2n) is 9.41. The van der Waals surface area contributed by atoms with Crippen LogP contribution in [0.25, 0.3) is 74.7 Å². The molecule has 37 heavy (non-hydrogen) atoms. The molecule has 0 saturated carbocycles. The van der Waals surface area contributed by atoms with E-state index in [-0.39, 0.29) is 0 Å². The molecule has 3 aromatic heterocycles. The average Bonchev–Trinajstić information content (AvgIpc) is 3.37. The van der Waals surface area contributed by atoms with Crippen LogP contribution in [0.3, 0.4) is 0 Å². The fourth-order valence-electron chi connectivity index (χ4n) is 5.83. The Balaban J connectivity index is 1.64. The van der Waals surface area contributed by atoms with E-state index in [4.69, 9.17) is 0 Å². The predicted molar refractivity (Wildman–Crippen MR) is 158 cm³/mol. The Morgan fingerprint density at radius 1 is 0.405 bits per heavy atom. The van der Waals surface area contributed by atoms with Crippen LogP contribution in [0.15, 0.2) is 122 Å². The van der Waals surface area contributed by atoms with Crippen LogP contribution in [0, 0.1) is 0 Å². The highest BCUT2D eigenvalue weighted by Gasteiger charge is 2.22. The fraction of sp³-hybridized carbons (Fsp3) is 0. The third kappa shape index (κ3) is 2.98. The van der Waals surface area contributed by atoms with Gasteiger partial charge in [0.25, 0.3) is 0 Å². The molecule has 8 aromatic rings. The average molecular weight is 489 g/mol. The van der Waals surface area contributed by atoms with Crippen LogP contribution in [0.2, 0.25) is 0 Å². The molecule has 0 aliphatic carbocycles. The Morgan fingerprint density at radius 2 is 0.865 bits per heavy atom. The Labute approximate surface area is 217 Å². The highest BCUT2D eigenvalue weighted by Crippen LogP contribution is 2.52. The van der Waals surface area contributed by atoms with Crippen molar-refractivity contribution in [3.8, 4) is 20.9 Å². The van der Waals surface area contributed by atoms with E-state index in [0.29, 0.717) is 0 Å². The lowest BCUT2D eigenvalue weighted by molar-refractivity contribution is 1.35. The third-order valence-electron chi connectivity index (χ3n) is 7.45. The first-order valence-electron chi connectivity index (χ1n) is 12.4. The van der Waals surface area contributed by atoms with Crippen LogP contribution in [0.5, 0.6) is 0 Å². The van der Waals surface area contributed by atoms with E-state index in [9.17, 15) is 0 Å². The van der Waals surface area contributed by atoms with Gasteiger partial charge in [0.1, 0.15) is 0 Å². The number of pyridine rings is 2. The van der Waals surface area contributed by atoms with Gasteiger partial charge in [-0.3, -0.25) is 9.97 Å². The molecule has 5 aromatic carbocycles. The standard InChI is InChI=1S/C34H20N2S/c1-3-11-23-21(7-1)9-5-13-27(23)33-31-25-15-17-35-19-29(25)30-20-36-18-16-26(30)32(31)34(37-33)28-14-6-10-22-8-2-4-12-24(22)28/h1-20H. The molecule has 172 valence electrons. The van der Waals surface area contributed by atoms with Crippen LogP contribution >= 0.6 is 11.3 Å². The smallest absolute Gasteiger partial charge is 0.0440 e. The molecule has 3 heteroatoms. The quantitative estimate of drug-likeness (QED) is 0.226. The maximum absolute atomic E-state index is 4.50. The Morgan fingerprint density at radius 3 is 1.38 bits per heavy atom. The van der Waals surface area contributed by atoms with E-state index in [1.54, 1.807) is 0 Å². The van der Waals surface area contributed by atoms with Crippen LogP contribution < -0.4 is 0 Å². The van der Waals surface area contributed by atoms with E-state index in [2.05, 4.69) is 107 Å². The second kappa shape index (κ2) is 7.95. The molecule has 2 nitrogen and oxygen atoms in total. The topological polar surface area (TPSA) is 25.8 Å². The van der Waals surface area contributed by atoms with Crippen LogP contribution in [-0.4, -0.2) is 9.97 Å². The van der Waals surface area contributed by atoms with Crippen molar-refractivity contribution in [3.63, 3.8) is 0 Å². The fourth-order valence-corrected chi connectivity index (χ4v) is 7.23. The molecule has 0 aliphatic rings. The summed E-state index contributed by atoms with van der Waals surface area (Å²) in [7, 11) is 0. The van der Waals surface area contributed by atoms with Crippen molar-refractivity contribution in [3.05, 3.63) is 122 Å². The van der Waals surface area contributed by atoms with Gasteiger partial charge in [0.2, 0.25) is 0 Å². The Hall–Kier alpha value is -4.60. The molecule has 0 N–H and O–H groups in total. The molecule has 8 rings (SSSR count). The van der Waals surface area contributed by atoms with Gasteiger partial charge in [-0.05, 0) is 44.5 Å². The minimum Gasteiger partial charge on any atom is -0.264 e. The maximum atomic E-state index is 4.50. The Bertz CT molecular complexity index is 1990. The van der Waals surface area contributed by atoms with Crippen molar-refractivity contribution in [1.82, 2.24) is 9.97 Å². The molecule has 3 heterocycles. The van der Waals surface area contributed by atoms with Gasteiger partial charge in [-0.25, -0.2) is 0 Å². The summed E-state index contributed by atoms with van der Waals surface area (Å²) in [4.78, 5) is 11.6. The van der Waals surface area contributed by atoms with Gasteiger partial charge in [-0.2, -0.15) is 0 Å². The lowest BCUT2D eigenvalue weighted by atomic mass is 9.92. The Kier molecular flexibility index (Phi) is 4.42. The molecule has 0 fully saturated rings. The van der Waals surface area contributed by atoms with Gasteiger partial charge in [-0.1, -0.05) is 84.9 Å². The van der Waals surface area contributed by atoms with Gasteiger partial charge in [0.15, 0.2) is 0 Å². The summed E-state index contributed by atoms with van der Waals surface area (Å²) in [6.45, 7) is 0. The van der Waals surface area contributed by atoms with E-state index in [1.807, 2.05) is 36.1 Å². The molecule has 0 atom stereocenters. The van der Waals surface area contributed by atoms with Crippen molar-refractivity contribution >= 4 is 65.2 Å². The van der Waals surface area contributed by atoms with E-state index in [1.165, 1.54) is 64.0 Å². The molecular weight excluding hydrogens is 468 g/mol. The summed E-state index contributed by atoms with van der Waals surface area (Å²) < 4.78 is 0. The predicted octanol–water partition coefficient (Wildman–Crippen LogP) is 9.64. The monoisotopic (exact) mass is 488 g/mol. The molecule has 0 bridgehead atoms. The van der Waals surface area contributed by atoms with Crippen molar-refractivity contribution in [2.45, 2.75) is 0 Å². The van der Waals surface area contributed by atoms with Crippen molar-refractivity contribution in [2.75, 3.05) is 0 Å². The number of thiophene rings is 1. The number of nitrogens with zero attached hydrogens (tertiary/aromatic N) is 2. The number of fused-ring (bicyclic) bond motifs is 8. The normalized spacial score (nSPS) is 11.8. The molecule has 0 aliphatic heterocycles. The summed E-state index contributed by atoms with van der Waals surface area (Å²) in [5.41, 5.74) is 2.54. The second-order valence-corrected chi connectivity index (χ2v) is 10.4. The minimum absolute atomic E-state index is 1.14. The maximum Gasteiger partial charge on any atom is 0.0440 e. The molecule has 0 unspecified atom stereocenters. The van der Waals surface area contributed by atoms with E-state index in [0.717, 1.165) is 10.8 Å². The summed E-state index contributed by atoms with van der Waals surface area (Å²) >= 11 is 1.90. The molecule has 0 spiro atoms. The summed E-state index contributed by atoms with van der Waals surface area (Å²) in [5.74, 6) is 0. The zero-order valence-corrected chi connectivity index (χ0v) is 20.7. The zero-order valence-electron chi connectivity index (χ0n) is 19.8. The lowest BCUT2D eigenvalue weighted by Crippen LogP contribution is -1.86. The SMILES string of the molecule is c1ccc2c(-c3sc(-c4cccc5ccccc45)c4c5ccncc5c5cnccc5c34)cccc2c1. The van der Waals surface area contributed by atoms with Crippen LogP contribution in [0.4, 0.5) is 0 Å².